The van der Waals surface area contributed by atoms with Gasteiger partial charge in [-0.2, -0.15) is 5.10 Å². The largest absolute Gasteiger partial charge is 0.448 e. The maximum Gasteiger partial charge on any atom is 0.410 e. The predicted molar refractivity (Wildman–Crippen MR) is 107 cm³/mol. The first-order valence-corrected chi connectivity index (χ1v) is 9.70. The number of rotatable bonds is 3. The molecule has 8 nitrogen and oxygen atoms in total. The molecule has 29 heavy (non-hydrogen) atoms. The van der Waals surface area contributed by atoms with Crippen LogP contribution in [0.5, 0.6) is 0 Å². The number of benzene rings is 1. The lowest BCUT2D eigenvalue weighted by molar-refractivity contribution is 0.156. The van der Waals surface area contributed by atoms with Crippen LogP contribution in [0.15, 0.2) is 24.5 Å². The second-order valence-electron chi connectivity index (χ2n) is 7.74. The Labute approximate surface area is 173 Å². The molecule has 9 heteroatoms. The van der Waals surface area contributed by atoms with Crippen molar-refractivity contribution in [3.05, 3.63) is 47.3 Å². The van der Waals surface area contributed by atoms with Crippen LogP contribution in [-0.2, 0) is 17.8 Å². The van der Waals surface area contributed by atoms with Gasteiger partial charge < -0.3 is 9.30 Å². The number of hydrogen-bond donors (Lipinski definition) is 0. The molecule has 0 atom stereocenters. The summed E-state index contributed by atoms with van der Waals surface area (Å²) < 4.78 is 9.12. The van der Waals surface area contributed by atoms with Gasteiger partial charge in [-0.05, 0) is 43.4 Å². The number of halogens is 1. The van der Waals surface area contributed by atoms with Crippen molar-refractivity contribution in [1.29, 1.82) is 0 Å². The molecule has 0 radical (unpaired) electrons. The first-order valence-electron chi connectivity index (χ1n) is 9.70. The summed E-state index contributed by atoms with van der Waals surface area (Å²) in [5.74, 6) is 2.15. The zero-order valence-electron chi connectivity index (χ0n) is 16.0. The van der Waals surface area contributed by atoms with Gasteiger partial charge in [0.05, 0.1) is 43.0 Å². The Balaban J connectivity index is 0.00000181. The average Bonchev–Trinajstić information content (AvgIpc) is 3.26. The minimum absolute atomic E-state index is 0. The van der Waals surface area contributed by atoms with E-state index >= 15 is 0 Å². The van der Waals surface area contributed by atoms with Crippen LogP contribution < -0.4 is 0 Å². The number of hydrogen-bond acceptors (Lipinski definition) is 5. The predicted octanol–water partition coefficient (Wildman–Crippen LogP) is 3.05. The van der Waals surface area contributed by atoms with Crippen LogP contribution in [-0.4, -0.2) is 48.5 Å². The number of imidazole rings is 1. The first-order chi connectivity index (χ1) is 13.7. The molecule has 0 unspecified atom stereocenters. The summed E-state index contributed by atoms with van der Waals surface area (Å²) in [5.41, 5.74) is 5.61. The lowest BCUT2D eigenvalue weighted by Crippen LogP contribution is -2.24. The normalized spacial score (nSPS) is 17.1. The van der Waals surface area contributed by atoms with Gasteiger partial charge in [-0.15, -0.1) is 12.4 Å². The molecule has 6 rings (SSSR count). The van der Waals surface area contributed by atoms with Gasteiger partial charge in [-0.3, -0.25) is 4.90 Å². The summed E-state index contributed by atoms with van der Waals surface area (Å²) in [7, 11) is 0. The van der Waals surface area contributed by atoms with Crippen LogP contribution in [0.3, 0.4) is 0 Å². The van der Waals surface area contributed by atoms with Crippen molar-refractivity contribution in [1.82, 2.24) is 29.2 Å². The highest BCUT2D eigenvalue weighted by molar-refractivity contribution is 5.85. The Morgan fingerprint density at radius 1 is 1.28 bits per heavy atom. The minimum Gasteiger partial charge on any atom is -0.448 e. The van der Waals surface area contributed by atoms with Gasteiger partial charge in [-0.25, -0.2) is 19.4 Å². The Hall–Kier alpha value is -2.87. The second-order valence-corrected chi connectivity index (χ2v) is 7.74. The highest BCUT2D eigenvalue weighted by Crippen LogP contribution is 2.43. The topological polar surface area (TPSA) is 78.1 Å². The van der Waals surface area contributed by atoms with E-state index in [0.717, 1.165) is 28.5 Å². The summed E-state index contributed by atoms with van der Waals surface area (Å²) in [4.78, 5) is 22.8. The molecule has 2 fully saturated rings. The molecular weight excluding hydrogens is 392 g/mol. The third-order valence-corrected chi connectivity index (χ3v) is 5.84. The fourth-order valence-electron chi connectivity index (χ4n) is 4.12. The molecule has 1 aliphatic carbocycles. The second kappa shape index (κ2) is 6.59. The molecule has 2 aromatic heterocycles. The van der Waals surface area contributed by atoms with E-state index in [9.17, 15) is 4.79 Å². The number of ether oxygens (including phenoxy) is 1. The van der Waals surface area contributed by atoms with Gasteiger partial charge >= 0.3 is 6.09 Å². The molecule has 4 heterocycles. The Kier molecular flexibility index (Phi) is 4.13. The van der Waals surface area contributed by atoms with Gasteiger partial charge in [0.2, 0.25) is 0 Å². The van der Waals surface area contributed by atoms with Crippen molar-refractivity contribution in [2.75, 3.05) is 13.2 Å². The molecule has 1 saturated carbocycles. The van der Waals surface area contributed by atoms with E-state index in [-0.39, 0.29) is 18.5 Å². The molecule has 1 amide bonds. The van der Waals surface area contributed by atoms with Gasteiger partial charge in [-0.1, -0.05) is 6.07 Å². The molecule has 3 aliphatic rings. The van der Waals surface area contributed by atoms with Crippen molar-refractivity contribution in [2.45, 2.75) is 38.8 Å². The lowest BCUT2D eigenvalue weighted by atomic mass is 10.0. The van der Waals surface area contributed by atoms with Gasteiger partial charge in [0.1, 0.15) is 6.61 Å². The number of carbonyl (C=O) groups is 1. The van der Waals surface area contributed by atoms with Crippen LogP contribution in [0, 0.1) is 6.92 Å². The minimum atomic E-state index is -0.296. The van der Waals surface area contributed by atoms with Crippen LogP contribution in [0.4, 0.5) is 4.79 Å². The number of aryl methyl sites for hydroxylation is 1. The third-order valence-electron chi connectivity index (χ3n) is 5.84. The first kappa shape index (κ1) is 18.2. The average molecular weight is 413 g/mol. The molecule has 0 N–H and O–H groups in total. The van der Waals surface area contributed by atoms with Crippen LogP contribution >= 0.6 is 12.4 Å². The molecule has 1 saturated heterocycles. The van der Waals surface area contributed by atoms with Gasteiger partial charge in [0.15, 0.2) is 11.6 Å². The summed E-state index contributed by atoms with van der Waals surface area (Å²) >= 11 is 0. The van der Waals surface area contributed by atoms with Gasteiger partial charge in [0.25, 0.3) is 0 Å². The third kappa shape index (κ3) is 2.90. The van der Waals surface area contributed by atoms with Crippen molar-refractivity contribution < 1.29 is 9.53 Å². The van der Waals surface area contributed by atoms with Crippen molar-refractivity contribution in [2.24, 2.45) is 0 Å². The number of cyclic esters (lactones) is 1. The maximum absolute atomic E-state index is 11.8. The van der Waals surface area contributed by atoms with Gasteiger partial charge in [0, 0.05) is 5.56 Å². The molecule has 150 valence electrons. The van der Waals surface area contributed by atoms with E-state index in [1.807, 2.05) is 17.9 Å². The molecular formula is C20H21ClN6O2. The van der Waals surface area contributed by atoms with E-state index in [1.54, 1.807) is 4.90 Å². The summed E-state index contributed by atoms with van der Waals surface area (Å²) in [6.45, 7) is 4.00. The zero-order valence-corrected chi connectivity index (χ0v) is 16.9. The van der Waals surface area contributed by atoms with Crippen LogP contribution in [0.25, 0.3) is 17.1 Å². The summed E-state index contributed by atoms with van der Waals surface area (Å²) in [5, 5.41) is 4.73. The standard InChI is InChI=1S/C20H20N6O2.ClH/c1-12-17-9-26-19(22-18(23-26)10-24-6-7-28-20(24)27)15-8-14(13-2-3-13)4-5-16(15)25(17)11-21-12;/h4-5,8,11,13H,2-3,6-7,9-10H2,1H3;1H. The smallest absolute Gasteiger partial charge is 0.410 e. The van der Waals surface area contributed by atoms with Crippen molar-refractivity contribution in [3.63, 3.8) is 0 Å². The van der Waals surface area contributed by atoms with Crippen LogP contribution in [0.2, 0.25) is 0 Å². The molecule has 1 aromatic carbocycles. The van der Waals surface area contributed by atoms with E-state index in [2.05, 4.69) is 27.8 Å². The fraction of sp³-hybridized carbons (Fsp3) is 0.400. The highest BCUT2D eigenvalue weighted by Gasteiger charge is 2.29. The number of nitrogens with zero attached hydrogens (tertiary/aromatic N) is 6. The lowest BCUT2D eigenvalue weighted by Gasteiger charge is -2.11. The zero-order chi connectivity index (χ0) is 18.8. The van der Waals surface area contributed by atoms with E-state index < -0.39 is 0 Å². The van der Waals surface area contributed by atoms with E-state index in [1.165, 1.54) is 18.4 Å². The Morgan fingerprint density at radius 3 is 2.90 bits per heavy atom. The van der Waals surface area contributed by atoms with E-state index in [4.69, 9.17) is 14.8 Å². The van der Waals surface area contributed by atoms with E-state index in [0.29, 0.717) is 38.0 Å². The monoisotopic (exact) mass is 412 g/mol. The number of fused-ring (bicyclic) bond motifs is 5. The highest BCUT2D eigenvalue weighted by atomic mass is 35.5. The molecule has 3 aromatic rings. The summed E-state index contributed by atoms with van der Waals surface area (Å²) in [6.07, 6.45) is 4.09. The molecule has 2 aliphatic heterocycles. The quantitative estimate of drug-likeness (QED) is 0.516. The number of aromatic nitrogens is 5. The molecule has 0 bridgehead atoms. The fourth-order valence-corrected chi connectivity index (χ4v) is 4.12. The Morgan fingerprint density at radius 2 is 2.14 bits per heavy atom. The number of carbonyl (C=O) groups excluding carboxylic acids is 1. The molecule has 0 spiro atoms. The summed E-state index contributed by atoms with van der Waals surface area (Å²) in [6, 6.07) is 6.66. The maximum atomic E-state index is 11.8. The SMILES string of the molecule is Cc1ncn2c1Cn1nc(CN3CCOC3=O)nc1-c1cc(C3CC3)ccc1-2.Cl. The number of amides is 1. The van der Waals surface area contributed by atoms with Crippen molar-refractivity contribution >= 4 is 18.5 Å². The van der Waals surface area contributed by atoms with Crippen molar-refractivity contribution in [3.8, 4) is 17.1 Å². The van der Waals surface area contributed by atoms with Crippen LogP contribution in [0.1, 0.15) is 41.5 Å². The Bertz CT molecular complexity index is 1120.